The number of carbonyl (C=O) groups excluding carboxylic acids is 1. The lowest BCUT2D eigenvalue weighted by Crippen LogP contribution is -2.30. The first-order valence-corrected chi connectivity index (χ1v) is 9.29. The molecule has 0 unspecified atom stereocenters. The first-order chi connectivity index (χ1) is 13.1. The second kappa shape index (κ2) is 8.75. The average molecular weight is 372 g/mol. The Hall–Kier alpha value is -2.76. The summed E-state index contributed by atoms with van der Waals surface area (Å²) in [6.07, 6.45) is 3.40. The molecule has 0 radical (unpaired) electrons. The highest BCUT2D eigenvalue weighted by Crippen LogP contribution is 2.31. The van der Waals surface area contributed by atoms with Crippen LogP contribution in [0.25, 0.3) is 0 Å². The largest absolute Gasteiger partial charge is 0.493 e. The van der Waals surface area contributed by atoms with E-state index in [-0.39, 0.29) is 11.7 Å². The summed E-state index contributed by atoms with van der Waals surface area (Å²) in [4.78, 5) is 15.0. The van der Waals surface area contributed by atoms with Gasteiger partial charge in [0.15, 0.2) is 11.5 Å². The van der Waals surface area contributed by atoms with Crippen molar-refractivity contribution in [3.63, 3.8) is 0 Å². The Kier molecular flexibility index (Phi) is 6.16. The number of hydrogen-bond donors (Lipinski definition) is 1. The van der Waals surface area contributed by atoms with Crippen LogP contribution in [0, 0.1) is 5.82 Å². The molecule has 6 heteroatoms. The fourth-order valence-electron chi connectivity index (χ4n) is 3.30. The Bertz CT molecular complexity index is 804. The zero-order chi connectivity index (χ0) is 19.2. The van der Waals surface area contributed by atoms with Crippen LogP contribution >= 0.6 is 0 Å². The molecule has 1 fully saturated rings. The van der Waals surface area contributed by atoms with Crippen molar-refractivity contribution >= 4 is 17.3 Å². The van der Waals surface area contributed by atoms with E-state index in [1.165, 1.54) is 18.6 Å². The molecule has 0 atom stereocenters. The van der Waals surface area contributed by atoms with E-state index in [2.05, 4.69) is 10.2 Å². The number of nitrogens with zero attached hydrogens (tertiary/aromatic N) is 1. The Balaban J connectivity index is 1.85. The van der Waals surface area contributed by atoms with Gasteiger partial charge in [-0.3, -0.25) is 4.79 Å². The first-order valence-electron chi connectivity index (χ1n) is 9.29. The number of benzene rings is 2. The van der Waals surface area contributed by atoms with Gasteiger partial charge in [0.1, 0.15) is 5.82 Å². The Labute approximate surface area is 159 Å². The molecule has 0 aromatic heterocycles. The van der Waals surface area contributed by atoms with Crippen molar-refractivity contribution in [1.29, 1.82) is 0 Å². The lowest BCUT2D eigenvalue weighted by Gasteiger charge is -2.30. The summed E-state index contributed by atoms with van der Waals surface area (Å²) in [6, 6.07) is 9.52. The van der Waals surface area contributed by atoms with Crippen molar-refractivity contribution in [3.8, 4) is 11.5 Å². The number of carbonyl (C=O) groups is 1. The molecule has 27 heavy (non-hydrogen) atoms. The molecule has 0 bridgehead atoms. The molecule has 1 amide bonds. The topological polar surface area (TPSA) is 50.8 Å². The number of methoxy groups -OCH3 is 1. The normalized spacial score (nSPS) is 14.0. The van der Waals surface area contributed by atoms with Gasteiger partial charge in [-0.15, -0.1) is 0 Å². The van der Waals surface area contributed by atoms with E-state index in [0.717, 1.165) is 31.6 Å². The van der Waals surface area contributed by atoms with Crippen LogP contribution in [0.1, 0.15) is 36.5 Å². The highest BCUT2D eigenvalue weighted by atomic mass is 19.1. The molecule has 2 aromatic carbocycles. The molecule has 5 nitrogen and oxygen atoms in total. The number of amides is 1. The third-order valence-corrected chi connectivity index (χ3v) is 4.63. The minimum absolute atomic E-state index is 0.317. The Morgan fingerprint density at radius 2 is 1.89 bits per heavy atom. The summed E-state index contributed by atoms with van der Waals surface area (Å²) >= 11 is 0. The van der Waals surface area contributed by atoms with Crippen molar-refractivity contribution in [2.45, 2.75) is 26.2 Å². The molecule has 0 spiro atoms. The summed E-state index contributed by atoms with van der Waals surface area (Å²) in [5.74, 6) is 0.370. The van der Waals surface area contributed by atoms with Crippen molar-refractivity contribution in [1.82, 2.24) is 0 Å². The van der Waals surface area contributed by atoms with Gasteiger partial charge in [0.05, 0.1) is 25.1 Å². The molecule has 0 saturated carbocycles. The summed E-state index contributed by atoms with van der Waals surface area (Å²) in [5, 5.41) is 2.85. The predicted octanol–water partition coefficient (Wildman–Crippen LogP) is 4.48. The van der Waals surface area contributed by atoms with Gasteiger partial charge in [-0.2, -0.15) is 0 Å². The third kappa shape index (κ3) is 4.51. The standard InChI is InChI=1S/C21H25FN2O3/c1-3-27-20-13-15(7-10-19(20)26-2)21(25)23-17-14-16(22)8-9-18(17)24-11-5-4-6-12-24/h7-10,13-14H,3-6,11-12H2,1-2H3,(H,23,25). The van der Waals surface area contributed by atoms with Crippen LogP contribution in [-0.2, 0) is 0 Å². The monoisotopic (exact) mass is 372 g/mol. The molecular formula is C21H25FN2O3. The van der Waals surface area contributed by atoms with Crippen LogP contribution in [0.3, 0.4) is 0 Å². The number of anilines is 2. The maximum absolute atomic E-state index is 13.8. The zero-order valence-corrected chi connectivity index (χ0v) is 15.8. The Morgan fingerprint density at radius 3 is 2.59 bits per heavy atom. The lowest BCUT2D eigenvalue weighted by molar-refractivity contribution is 0.102. The number of piperidine rings is 1. The van der Waals surface area contributed by atoms with Gasteiger partial charge in [-0.25, -0.2) is 4.39 Å². The van der Waals surface area contributed by atoms with E-state index in [4.69, 9.17) is 9.47 Å². The second-order valence-electron chi connectivity index (χ2n) is 6.46. The minimum atomic E-state index is -0.379. The number of rotatable bonds is 6. The third-order valence-electron chi connectivity index (χ3n) is 4.63. The highest BCUT2D eigenvalue weighted by molar-refractivity contribution is 6.06. The summed E-state index contributed by atoms with van der Waals surface area (Å²) in [5.41, 5.74) is 1.76. The highest BCUT2D eigenvalue weighted by Gasteiger charge is 2.18. The number of ether oxygens (including phenoxy) is 2. The van der Waals surface area contributed by atoms with Gasteiger partial charge in [-0.1, -0.05) is 0 Å². The van der Waals surface area contributed by atoms with Crippen LogP contribution < -0.4 is 19.7 Å². The van der Waals surface area contributed by atoms with E-state index >= 15 is 0 Å². The van der Waals surface area contributed by atoms with Crippen molar-refractivity contribution in [3.05, 3.63) is 47.8 Å². The van der Waals surface area contributed by atoms with Gasteiger partial charge >= 0.3 is 0 Å². The smallest absolute Gasteiger partial charge is 0.255 e. The predicted molar refractivity (Wildman–Crippen MR) is 105 cm³/mol. The number of halogens is 1. The van der Waals surface area contributed by atoms with E-state index < -0.39 is 0 Å². The quantitative estimate of drug-likeness (QED) is 0.813. The molecule has 0 aliphatic carbocycles. The number of hydrogen-bond acceptors (Lipinski definition) is 4. The summed E-state index contributed by atoms with van der Waals surface area (Å²) < 4.78 is 24.6. The molecule has 2 aromatic rings. The zero-order valence-electron chi connectivity index (χ0n) is 15.8. The fourth-order valence-corrected chi connectivity index (χ4v) is 3.30. The van der Waals surface area contributed by atoms with Crippen molar-refractivity contribution in [2.24, 2.45) is 0 Å². The van der Waals surface area contributed by atoms with Gasteiger partial charge in [-0.05, 0) is 62.6 Å². The SMILES string of the molecule is CCOc1cc(C(=O)Nc2cc(F)ccc2N2CCCCC2)ccc1OC. The van der Waals surface area contributed by atoms with Crippen molar-refractivity contribution in [2.75, 3.05) is 37.0 Å². The maximum Gasteiger partial charge on any atom is 0.255 e. The van der Waals surface area contributed by atoms with Crippen LogP contribution in [0.5, 0.6) is 11.5 Å². The summed E-state index contributed by atoms with van der Waals surface area (Å²) in [6.45, 7) is 4.14. The van der Waals surface area contributed by atoms with Gasteiger partial charge in [0.25, 0.3) is 5.91 Å². The molecule has 1 saturated heterocycles. The number of nitrogens with one attached hydrogen (secondary N) is 1. The molecule has 1 aliphatic rings. The van der Waals surface area contributed by atoms with Crippen molar-refractivity contribution < 1.29 is 18.7 Å². The van der Waals surface area contributed by atoms with Gasteiger partial charge in [0.2, 0.25) is 0 Å². The minimum Gasteiger partial charge on any atom is -0.493 e. The van der Waals surface area contributed by atoms with Crippen LogP contribution in [0.2, 0.25) is 0 Å². The van der Waals surface area contributed by atoms with Crippen LogP contribution in [0.15, 0.2) is 36.4 Å². The fraction of sp³-hybridized carbons (Fsp3) is 0.381. The van der Waals surface area contributed by atoms with Crippen LogP contribution in [0.4, 0.5) is 15.8 Å². The van der Waals surface area contributed by atoms with Gasteiger partial charge in [0, 0.05) is 18.7 Å². The van der Waals surface area contributed by atoms with E-state index in [9.17, 15) is 9.18 Å². The molecule has 1 heterocycles. The van der Waals surface area contributed by atoms with E-state index in [0.29, 0.717) is 29.4 Å². The molecule has 3 rings (SSSR count). The average Bonchev–Trinajstić information content (AvgIpc) is 2.69. The maximum atomic E-state index is 13.8. The van der Waals surface area contributed by atoms with E-state index in [1.54, 1.807) is 31.4 Å². The van der Waals surface area contributed by atoms with E-state index in [1.807, 2.05) is 6.92 Å². The second-order valence-corrected chi connectivity index (χ2v) is 6.46. The molecule has 1 aliphatic heterocycles. The molecule has 1 N–H and O–H groups in total. The lowest BCUT2D eigenvalue weighted by atomic mass is 10.1. The first kappa shape index (κ1) is 19.0. The van der Waals surface area contributed by atoms with Gasteiger partial charge < -0.3 is 19.7 Å². The summed E-state index contributed by atoms with van der Waals surface area (Å²) in [7, 11) is 1.55. The molecule has 144 valence electrons. The Morgan fingerprint density at radius 1 is 1.11 bits per heavy atom. The van der Waals surface area contributed by atoms with Crippen LogP contribution in [-0.4, -0.2) is 32.7 Å². The molecular weight excluding hydrogens is 347 g/mol.